The van der Waals surface area contributed by atoms with Crippen molar-refractivity contribution in [1.29, 1.82) is 0 Å². The number of nitrogens with two attached hydrogens (primary N) is 1. The summed E-state index contributed by atoms with van der Waals surface area (Å²) in [5, 5.41) is 4.55. The number of aliphatic imine (C=N–C) groups is 1. The molecule has 0 spiro atoms. The summed E-state index contributed by atoms with van der Waals surface area (Å²) in [6.07, 6.45) is 4.90. The molecular formula is C23H24N4. The second-order valence-electron chi connectivity index (χ2n) is 6.83. The minimum Gasteiger partial charge on any atom is -0.342 e. The number of para-hydroxylation sites is 1. The second kappa shape index (κ2) is 7.72. The summed E-state index contributed by atoms with van der Waals surface area (Å²) in [4.78, 5) is 9.64. The Morgan fingerprint density at radius 3 is 2.67 bits per heavy atom. The van der Waals surface area contributed by atoms with E-state index in [1.54, 1.807) is 0 Å². The molecule has 2 heterocycles. The average molecular weight is 356 g/mol. The normalized spacial score (nSPS) is 17.2. The molecule has 0 fully saturated rings. The minimum atomic E-state index is -0.120. The van der Waals surface area contributed by atoms with Crippen LogP contribution in [0, 0.1) is 0 Å². The Morgan fingerprint density at radius 1 is 1.04 bits per heavy atom. The molecular weight excluding hydrogens is 332 g/mol. The summed E-state index contributed by atoms with van der Waals surface area (Å²) in [5.74, 6) is 0.790. The number of nitrogens with one attached hydrogen (secondary N) is 1. The number of aryl methyl sites for hydroxylation is 1. The molecule has 27 heavy (non-hydrogen) atoms. The number of rotatable bonds is 3. The van der Waals surface area contributed by atoms with Crippen molar-refractivity contribution in [2.24, 2.45) is 10.7 Å². The Hall–Kier alpha value is -2.98. The zero-order chi connectivity index (χ0) is 18.6. The van der Waals surface area contributed by atoms with Gasteiger partial charge >= 0.3 is 0 Å². The van der Waals surface area contributed by atoms with Crippen molar-refractivity contribution >= 4 is 28.1 Å². The molecule has 3 N–H and O–H groups in total. The number of hydrogen-bond donors (Lipinski definition) is 2. The fourth-order valence-corrected chi connectivity index (χ4v) is 3.26. The van der Waals surface area contributed by atoms with Gasteiger partial charge in [0, 0.05) is 11.1 Å². The molecule has 0 amide bonds. The average Bonchev–Trinajstić information content (AvgIpc) is 2.90. The molecule has 1 atom stereocenters. The molecule has 2 aromatic carbocycles. The van der Waals surface area contributed by atoms with Crippen LogP contribution < -0.4 is 11.1 Å². The SMILES string of the molecule is CCc1ccc(NC2=NC(c3ccc4ccccc4n3)=CCCC2N)cc1. The molecule has 0 saturated heterocycles. The lowest BCUT2D eigenvalue weighted by Crippen LogP contribution is -2.35. The van der Waals surface area contributed by atoms with Crippen LogP contribution in [0.25, 0.3) is 16.6 Å². The van der Waals surface area contributed by atoms with Crippen LogP contribution in [-0.4, -0.2) is 16.9 Å². The van der Waals surface area contributed by atoms with E-state index in [2.05, 4.69) is 54.7 Å². The van der Waals surface area contributed by atoms with Crippen molar-refractivity contribution < 1.29 is 0 Å². The summed E-state index contributed by atoms with van der Waals surface area (Å²) < 4.78 is 0. The minimum absolute atomic E-state index is 0.120. The standard InChI is InChI=1S/C23H24N4/c1-2-16-10-13-18(14-11-16)25-23-19(24)7-5-9-21(27-23)22-15-12-17-6-3-4-8-20(17)26-22/h3-4,6,8-15,19H,2,5,7,24H2,1H3,(H,25,27). The Bertz CT molecular complexity index is 1000. The smallest absolute Gasteiger partial charge is 0.124 e. The van der Waals surface area contributed by atoms with Gasteiger partial charge < -0.3 is 11.1 Å². The number of amidine groups is 1. The van der Waals surface area contributed by atoms with Crippen molar-refractivity contribution in [2.75, 3.05) is 5.32 Å². The van der Waals surface area contributed by atoms with E-state index in [1.165, 1.54) is 5.56 Å². The highest BCUT2D eigenvalue weighted by Crippen LogP contribution is 2.23. The van der Waals surface area contributed by atoms with Crippen molar-refractivity contribution in [3.05, 3.63) is 78.0 Å². The fraction of sp³-hybridized carbons (Fsp3) is 0.217. The number of anilines is 1. The first-order valence-corrected chi connectivity index (χ1v) is 9.49. The van der Waals surface area contributed by atoms with Crippen LogP contribution in [0.2, 0.25) is 0 Å². The molecule has 1 aliphatic heterocycles. The predicted octanol–water partition coefficient (Wildman–Crippen LogP) is 4.77. The summed E-state index contributed by atoms with van der Waals surface area (Å²) in [5.41, 5.74) is 11.4. The van der Waals surface area contributed by atoms with Gasteiger partial charge in [-0.25, -0.2) is 9.98 Å². The first-order valence-electron chi connectivity index (χ1n) is 9.49. The van der Waals surface area contributed by atoms with Crippen LogP contribution in [0.5, 0.6) is 0 Å². The van der Waals surface area contributed by atoms with Gasteiger partial charge in [0.25, 0.3) is 0 Å². The van der Waals surface area contributed by atoms with Gasteiger partial charge in [-0.15, -0.1) is 0 Å². The van der Waals surface area contributed by atoms with Gasteiger partial charge in [-0.3, -0.25) is 0 Å². The van der Waals surface area contributed by atoms with E-state index in [0.717, 1.165) is 53.1 Å². The zero-order valence-electron chi connectivity index (χ0n) is 15.5. The fourth-order valence-electron chi connectivity index (χ4n) is 3.26. The van der Waals surface area contributed by atoms with E-state index in [1.807, 2.05) is 24.3 Å². The third-order valence-electron chi connectivity index (χ3n) is 4.90. The molecule has 0 bridgehead atoms. The Morgan fingerprint density at radius 2 is 1.85 bits per heavy atom. The highest BCUT2D eigenvalue weighted by Gasteiger charge is 2.17. The lowest BCUT2D eigenvalue weighted by atomic mass is 10.1. The Balaban J connectivity index is 1.65. The van der Waals surface area contributed by atoms with Crippen LogP contribution >= 0.6 is 0 Å². The van der Waals surface area contributed by atoms with Gasteiger partial charge in [0.1, 0.15) is 5.84 Å². The van der Waals surface area contributed by atoms with E-state index in [4.69, 9.17) is 15.7 Å². The first kappa shape index (κ1) is 17.4. The number of fused-ring (bicyclic) bond motifs is 1. The van der Waals surface area contributed by atoms with Crippen LogP contribution in [0.1, 0.15) is 31.0 Å². The highest BCUT2D eigenvalue weighted by atomic mass is 15.0. The maximum atomic E-state index is 6.37. The van der Waals surface area contributed by atoms with Crippen LogP contribution in [-0.2, 0) is 6.42 Å². The van der Waals surface area contributed by atoms with E-state index in [0.29, 0.717) is 0 Å². The largest absolute Gasteiger partial charge is 0.342 e. The van der Waals surface area contributed by atoms with Crippen LogP contribution in [0.4, 0.5) is 5.69 Å². The third-order valence-corrected chi connectivity index (χ3v) is 4.90. The number of pyridine rings is 1. The van der Waals surface area contributed by atoms with Crippen molar-refractivity contribution in [1.82, 2.24) is 4.98 Å². The molecule has 4 heteroatoms. The molecule has 1 aliphatic rings. The maximum Gasteiger partial charge on any atom is 0.124 e. The summed E-state index contributed by atoms with van der Waals surface area (Å²) in [6.45, 7) is 2.15. The van der Waals surface area contributed by atoms with Gasteiger partial charge in [-0.2, -0.15) is 0 Å². The molecule has 1 aromatic heterocycles. The molecule has 4 nitrogen and oxygen atoms in total. The highest BCUT2D eigenvalue weighted by molar-refractivity contribution is 6.02. The summed E-state index contributed by atoms with van der Waals surface area (Å²) in [7, 11) is 0. The Kier molecular flexibility index (Phi) is 4.99. The predicted molar refractivity (Wildman–Crippen MR) is 114 cm³/mol. The first-order chi connectivity index (χ1) is 13.2. The molecule has 4 rings (SSSR count). The quantitative estimate of drug-likeness (QED) is 0.710. The molecule has 0 aliphatic carbocycles. The molecule has 136 valence electrons. The van der Waals surface area contributed by atoms with Gasteiger partial charge in [-0.1, -0.05) is 49.4 Å². The van der Waals surface area contributed by atoms with Crippen molar-refractivity contribution in [3.8, 4) is 0 Å². The topological polar surface area (TPSA) is 63.3 Å². The van der Waals surface area contributed by atoms with E-state index in [9.17, 15) is 0 Å². The Labute approximate surface area is 159 Å². The van der Waals surface area contributed by atoms with Gasteiger partial charge in [0.05, 0.1) is 22.9 Å². The zero-order valence-corrected chi connectivity index (χ0v) is 15.5. The lowest BCUT2D eigenvalue weighted by Gasteiger charge is -2.15. The van der Waals surface area contributed by atoms with Crippen molar-refractivity contribution in [3.63, 3.8) is 0 Å². The molecule has 0 radical (unpaired) electrons. The monoisotopic (exact) mass is 356 g/mol. The molecule has 0 saturated carbocycles. The summed E-state index contributed by atoms with van der Waals surface area (Å²) >= 11 is 0. The van der Waals surface area contributed by atoms with Crippen LogP contribution in [0.15, 0.2) is 71.7 Å². The van der Waals surface area contributed by atoms with E-state index < -0.39 is 0 Å². The number of nitrogens with zero attached hydrogens (tertiary/aromatic N) is 2. The van der Waals surface area contributed by atoms with Crippen molar-refractivity contribution in [2.45, 2.75) is 32.2 Å². The lowest BCUT2D eigenvalue weighted by molar-refractivity contribution is 0.770. The van der Waals surface area contributed by atoms with Gasteiger partial charge in [0.15, 0.2) is 0 Å². The van der Waals surface area contributed by atoms with E-state index in [-0.39, 0.29) is 6.04 Å². The number of allylic oxidation sites excluding steroid dienone is 1. The second-order valence-corrected chi connectivity index (χ2v) is 6.83. The number of benzene rings is 2. The molecule has 3 aromatic rings. The maximum absolute atomic E-state index is 6.37. The third kappa shape index (κ3) is 3.91. The van der Waals surface area contributed by atoms with E-state index >= 15 is 0 Å². The van der Waals surface area contributed by atoms with Gasteiger partial charge in [0.2, 0.25) is 0 Å². The van der Waals surface area contributed by atoms with Gasteiger partial charge in [-0.05, 0) is 49.1 Å². The number of aromatic nitrogens is 1. The number of hydrogen-bond acceptors (Lipinski definition) is 4. The molecule has 1 unspecified atom stereocenters. The summed E-state index contributed by atoms with van der Waals surface area (Å²) in [6, 6.07) is 20.6. The van der Waals surface area contributed by atoms with Crippen LogP contribution in [0.3, 0.4) is 0 Å².